The number of aliphatic hydroxyl groups is 4. The van der Waals surface area contributed by atoms with Gasteiger partial charge in [-0.1, -0.05) is 19.9 Å². The molecule has 0 unspecified atom stereocenters. The summed E-state index contributed by atoms with van der Waals surface area (Å²) in [5.74, 6) is -2.73. The van der Waals surface area contributed by atoms with Crippen molar-refractivity contribution in [2.45, 2.75) is 45.3 Å². The monoisotopic (exact) mass is 382 g/mol. The minimum absolute atomic E-state index is 0.0716. The lowest BCUT2D eigenvalue weighted by molar-refractivity contribution is -0.241. The van der Waals surface area contributed by atoms with Gasteiger partial charge < -0.3 is 25.2 Å². The summed E-state index contributed by atoms with van der Waals surface area (Å²) < 4.78 is 5.50. The van der Waals surface area contributed by atoms with Crippen molar-refractivity contribution in [2.75, 3.05) is 19.8 Å². The molecule has 3 aliphatic rings. The highest BCUT2D eigenvalue weighted by Crippen LogP contribution is 2.62. The molecule has 4 N–H and O–H groups in total. The molecule has 152 valence electrons. The summed E-state index contributed by atoms with van der Waals surface area (Å²) in [5.41, 5.74) is -1.84. The molecule has 0 amide bonds. The van der Waals surface area contributed by atoms with Gasteiger partial charge in [0, 0.05) is 42.5 Å². The molecule has 0 aromatic heterocycles. The van der Waals surface area contributed by atoms with Gasteiger partial charge in [0.05, 0.1) is 12.0 Å². The van der Waals surface area contributed by atoms with E-state index in [2.05, 4.69) is 0 Å². The average Bonchev–Trinajstić information content (AvgIpc) is 2.65. The zero-order chi connectivity index (χ0) is 20.0. The van der Waals surface area contributed by atoms with E-state index in [4.69, 9.17) is 4.74 Å². The van der Waals surface area contributed by atoms with Crippen LogP contribution >= 0.6 is 0 Å². The summed E-state index contributed by atoms with van der Waals surface area (Å²) in [4.78, 5) is 25.8. The first-order valence-electron chi connectivity index (χ1n) is 9.71. The molecule has 7 heteroatoms. The Balaban J connectivity index is 2.09. The van der Waals surface area contributed by atoms with Crippen LogP contribution in [0, 0.1) is 34.5 Å². The van der Waals surface area contributed by atoms with Gasteiger partial charge in [0.25, 0.3) is 0 Å². The van der Waals surface area contributed by atoms with Gasteiger partial charge in [-0.2, -0.15) is 0 Å². The van der Waals surface area contributed by atoms with Crippen LogP contribution in [0.25, 0.3) is 0 Å². The van der Waals surface area contributed by atoms with Crippen molar-refractivity contribution in [2.24, 2.45) is 34.5 Å². The molecule has 27 heavy (non-hydrogen) atoms. The molecule has 8 atom stereocenters. The number of ether oxygens (including phenoxy) is 1. The molecule has 1 heterocycles. The Kier molecular flexibility index (Phi) is 5.51. The second-order valence-corrected chi connectivity index (χ2v) is 8.63. The van der Waals surface area contributed by atoms with E-state index in [0.29, 0.717) is 12.8 Å². The number of aliphatic hydroxyl groups excluding tert-OH is 4. The van der Waals surface area contributed by atoms with E-state index in [1.807, 2.05) is 6.92 Å². The van der Waals surface area contributed by atoms with Gasteiger partial charge in [-0.05, 0) is 31.3 Å². The molecular weight excluding hydrogens is 352 g/mol. The first-order chi connectivity index (χ1) is 12.8. The van der Waals surface area contributed by atoms with Crippen LogP contribution in [-0.4, -0.2) is 64.2 Å². The third-order valence-corrected chi connectivity index (χ3v) is 7.57. The number of allylic oxidation sites excluding steroid dienone is 2. The van der Waals surface area contributed by atoms with Crippen LogP contribution in [0.2, 0.25) is 0 Å². The van der Waals surface area contributed by atoms with Crippen LogP contribution in [-0.2, 0) is 14.3 Å². The third-order valence-electron chi connectivity index (χ3n) is 7.57. The highest BCUT2D eigenvalue weighted by molar-refractivity contribution is 5.95. The standard InChI is InChI=1S/C20H30O7/c1-11-3-4-14(24)16-19(2)13(5-7-20(11,16)10-23)18(26)27-15(17(19)25)12(9-22)6-8-21/h3-4,11-13,15-17,21-23,25H,5-10H2,1-2H3/t11-,12+,13+,15-,16+,17+,19+,20-/m1/s1. The molecule has 1 aliphatic heterocycles. The molecule has 2 fully saturated rings. The fourth-order valence-electron chi connectivity index (χ4n) is 5.87. The topological polar surface area (TPSA) is 124 Å². The zero-order valence-electron chi connectivity index (χ0n) is 15.9. The van der Waals surface area contributed by atoms with E-state index >= 15 is 0 Å². The highest BCUT2D eigenvalue weighted by Gasteiger charge is 2.68. The minimum Gasteiger partial charge on any atom is -0.459 e. The molecule has 1 saturated carbocycles. The number of esters is 1. The van der Waals surface area contributed by atoms with Gasteiger partial charge in [0.15, 0.2) is 5.78 Å². The summed E-state index contributed by atoms with van der Waals surface area (Å²) in [7, 11) is 0. The number of hydrogen-bond donors (Lipinski definition) is 4. The lowest BCUT2D eigenvalue weighted by atomic mass is 9.43. The van der Waals surface area contributed by atoms with E-state index in [0.717, 1.165) is 0 Å². The van der Waals surface area contributed by atoms with E-state index in [9.17, 15) is 30.0 Å². The Hall–Kier alpha value is -1.28. The molecule has 3 rings (SSSR count). The number of rotatable bonds is 5. The summed E-state index contributed by atoms with van der Waals surface area (Å²) >= 11 is 0. The zero-order valence-corrected chi connectivity index (χ0v) is 15.9. The lowest BCUT2D eigenvalue weighted by Crippen LogP contribution is -2.68. The van der Waals surface area contributed by atoms with Crippen LogP contribution in [0.3, 0.4) is 0 Å². The number of carbonyl (C=O) groups is 2. The number of ketones is 1. The Morgan fingerprint density at radius 1 is 1.30 bits per heavy atom. The Labute approximate surface area is 159 Å². The van der Waals surface area contributed by atoms with Gasteiger partial charge in [-0.25, -0.2) is 0 Å². The maximum atomic E-state index is 13.0. The quantitative estimate of drug-likeness (QED) is 0.495. The summed E-state index contributed by atoms with van der Waals surface area (Å²) in [5, 5.41) is 40.5. The second-order valence-electron chi connectivity index (χ2n) is 8.63. The number of hydrogen-bond acceptors (Lipinski definition) is 7. The van der Waals surface area contributed by atoms with E-state index in [1.165, 1.54) is 6.08 Å². The van der Waals surface area contributed by atoms with Gasteiger partial charge in [0.2, 0.25) is 0 Å². The predicted molar refractivity (Wildman–Crippen MR) is 95.3 cm³/mol. The van der Waals surface area contributed by atoms with E-state index in [-0.39, 0.29) is 37.9 Å². The minimum atomic E-state index is -1.18. The van der Waals surface area contributed by atoms with Crippen LogP contribution in [0.15, 0.2) is 12.2 Å². The largest absolute Gasteiger partial charge is 0.459 e. The molecule has 1 saturated heterocycles. The molecule has 0 aromatic rings. The maximum absolute atomic E-state index is 13.0. The van der Waals surface area contributed by atoms with Crippen molar-refractivity contribution in [3.8, 4) is 0 Å². The summed E-state index contributed by atoms with van der Waals surface area (Å²) in [6, 6.07) is 0. The summed E-state index contributed by atoms with van der Waals surface area (Å²) in [6.07, 6.45) is 2.21. The van der Waals surface area contributed by atoms with Crippen molar-refractivity contribution >= 4 is 11.8 Å². The van der Waals surface area contributed by atoms with Crippen LogP contribution in [0.4, 0.5) is 0 Å². The number of carbonyl (C=O) groups excluding carboxylic acids is 2. The molecule has 0 bridgehead atoms. The van der Waals surface area contributed by atoms with Crippen molar-refractivity contribution in [3.05, 3.63) is 12.2 Å². The molecule has 7 nitrogen and oxygen atoms in total. The second kappa shape index (κ2) is 7.28. The fourth-order valence-corrected chi connectivity index (χ4v) is 5.87. The molecule has 0 spiro atoms. The highest BCUT2D eigenvalue weighted by atomic mass is 16.6. The van der Waals surface area contributed by atoms with E-state index in [1.54, 1.807) is 13.0 Å². The van der Waals surface area contributed by atoms with Crippen LogP contribution < -0.4 is 0 Å². The molecule has 0 radical (unpaired) electrons. The Bertz CT molecular complexity index is 632. The normalized spacial score (nSPS) is 45.0. The summed E-state index contributed by atoms with van der Waals surface area (Å²) in [6.45, 7) is 2.92. The van der Waals surface area contributed by atoms with Crippen molar-refractivity contribution < 1.29 is 34.8 Å². The predicted octanol–water partition coefficient (Wildman–Crippen LogP) is 0.0498. The average molecular weight is 382 g/mol. The van der Waals surface area contributed by atoms with Crippen molar-refractivity contribution in [3.63, 3.8) is 0 Å². The first kappa shape index (κ1) is 20.5. The molecule has 2 aliphatic carbocycles. The van der Waals surface area contributed by atoms with Crippen molar-refractivity contribution in [1.29, 1.82) is 0 Å². The smallest absolute Gasteiger partial charge is 0.309 e. The molecular formula is C20H30O7. The van der Waals surface area contributed by atoms with Crippen molar-refractivity contribution in [1.82, 2.24) is 0 Å². The Morgan fingerprint density at radius 3 is 2.59 bits per heavy atom. The molecule has 0 aromatic carbocycles. The van der Waals surface area contributed by atoms with Crippen LogP contribution in [0.1, 0.15) is 33.1 Å². The maximum Gasteiger partial charge on any atom is 0.309 e. The van der Waals surface area contributed by atoms with Gasteiger partial charge in [-0.3, -0.25) is 9.59 Å². The van der Waals surface area contributed by atoms with E-state index < -0.39 is 46.8 Å². The fraction of sp³-hybridized carbons (Fsp3) is 0.800. The first-order valence-corrected chi connectivity index (χ1v) is 9.71. The number of fused-ring (bicyclic) bond motifs is 3. The number of cyclic esters (lactones) is 1. The van der Waals surface area contributed by atoms with Gasteiger partial charge in [0.1, 0.15) is 6.10 Å². The lowest BCUT2D eigenvalue weighted by Gasteiger charge is -2.62. The SMILES string of the molecule is C[C@@H]1C=CC(=O)[C@@H]2[C@@]1(CO)CC[C@H]1C(=O)O[C@H]([C@H](CO)CCO)[C@H](O)[C@]21C. The van der Waals surface area contributed by atoms with Gasteiger partial charge >= 0.3 is 5.97 Å². The third kappa shape index (κ3) is 2.78. The van der Waals surface area contributed by atoms with Crippen LogP contribution in [0.5, 0.6) is 0 Å². The Morgan fingerprint density at radius 2 is 2.00 bits per heavy atom. The van der Waals surface area contributed by atoms with Gasteiger partial charge in [-0.15, -0.1) is 0 Å².